The third-order valence-corrected chi connectivity index (χ3v) is 13.3. The number of likely N-dealkylation sites (tertiary alicyclic amines) is 1. The van der Waals surface area contributed by atoms with Crippen molar-refractivity contribution in [1.29, 1.82) is 0 Å². The zero-order valence-electron chi connectivity index (χ0n) is 41.6. The van der Waals surface area contributed by atoms with Gasteiger partial charge in [0, 0.05) is 33.0 Å². The van der Waals surface area contributed by atoms with E-state index in [4.69, 9.17) is 18.9 Å². The molecule has 0 radical (unpaired) electrons. The van der Waals surface area contributed by atoms with Crippen molar-refractivity contribution in [3.05, 3.63) is 143 Å². The molecule has 0 unspecified atom stereocenters. The second kappa shape index (κ2) is 28.0. The second-order valence-corrected chi connectivity index (χ2v) is 18.7. The molecule has 71 heavy (non-hydrogen) atoms. The van der Waals surface area contributed by atoms with Crippen LogP contribution in [0.25, 0.3) is 21.6 Å². The molecule has 15 heteroatoms. The topological polar surface area (TPSA) is 169 Å². The van der Waals surface area contributed by atoms with Crippen LogP contribution in [-0.2, 0) is 39.9 Å². The fraction of sp³-hybridized carbons (Fsp3) is 0.411. The van der Waals surface area contributed by atoms with Crippen molar-refractivity contribution in [1.82, 2.24) is 25.4 Å². The molecule has 14 nitrogen and oxygen atoms in total. The van der Waals surface area contributed by atoms with Gasteiger partial charge in [0.2, 0.25) is 23.6 Å². The third-order valence-electron chi connectivity index (χ3n) is 12.3. The number of hydrogen-bond acceptors (Lipinski definition) is 11. The summed E-state index contributed by atoms with van der Waals surface area (Å²) in [5, 5.41) is 16.2. The fourth-order valence-corrected chi connectivity index (χ4v) is 9.20. The highest BCUT2D eigenvalue weighted by Gasteiger charge is 2.42. The Morgan fingerprint density at radius 3 is 2.00 bits per heavy atom. The fourth-order valence-electron chi connectivity index (χ4n) is 8.39. The van der Waals surface area contributed by atoms with Gasteiger partial charge in [0.25, 0.3) is 0 Å². The van der Waals surface area contributed by atoms with Crippen LogP contribution in [0, 0.1) is 12.8 Å². The van der Waals surface area contributed by atoms with Crippen LogP contribution < -0.4 is 15.4 Å². The van der Waals surface area contributed by atoms with Crippen molar-refractivity contribution in [3.63, 3.8) is 0 Å². The molecule has 1 aromatic heterocycles. The molecule has 3 atom stereocenters. The smallest absolute Gasteiger partial charge is 0.246 e. The molecule has 4 aromatic carbocycles. The molecule has 4 amide bonds. The van der Waals surface area contributed by atoms with Crippen LogP contribution in [-0.4, -0.2) is 128 Å². The minimum atomic E-state index is -0.883. The number of nitrogens with one attached hydrogen (secondary N) is 2. The number of likely N-dealkylation sites (N-methyl/N-ethyl adjacent to an activating group) is 1. The van der Waals surface area contributed by atoms with Crippen molar-refractivity contribution in [3.8, 4) is 16.2 Å². The van der Waals surface area contributed by atoms with Gasteiger partial charge in [-0.15, -0.1) is 11.3 Å². The summed E-state index contributed by atoms with van der Waals surface area (Å²) in [5.74, 6) is -0.717. The number of hydrogen-bond donors (Lipinski definition) is 3. The molecule has 1 aliphatic rings. The highest BCUT2D eigenvalue weighted by molar-refractivity contribution is 7.13. The van der Waals surface area contributed by atoms with E-state index in [0.717, 1.165) is 45.0 Å². The van der Waals surface area contributed by atoms with Gasteiger partial charge in [0.05, 0.1) is 74.8 Å². The summed E-state index contributed by atoms with van der Waals surface area (Å²) in [7, 11) is 1.75. The first kappa shape index (κ1) is 54.1. The highest BCUT2D eigenvalue weighted by Crippen LogP contribution is 2.35. The maximum atomic E-state index is 13.8. The number of aliphatic hydroxyl groups is 1. The number of carbonyl (C=O) groups is 4. The predicted molar refractivity (Wildman–Crippen MR) is 277 cm³/mol. The van der Waals surface area contributed by atoms with E-state index in [-0.39, 0.29) is 75.8 Å². The maximum Gasteiger partial charge on any atom is 0.246 e. The minimum absolute atomic E-state index is 0.00150. The van der Waals surface area contributed by atoms with Crippen LogP contribution in [0.3, 0.4) is 0 Å². The lowest BCUT2D eigenvalue weighted by Gasteiger charge is -2.30. The molecule has 3 N–H and O–H groups in total. The van der Waals surface area contributed by atoms with E-state index in [9.17, 15) is 24.3 Å². The lowest BCUT2D eigenvalue weighted by atomic mass is 9.88. The average molecular weight is 988 g/mol. The van der Waals surface area contributed by atoms with Crippen molar-refractivity contribution in [2.45, 2.75) is 78.1 Å². The molecule has 1 saturated heterocycles. The van der Waals surface area contributed by atoms with Crippen molar-refractivity contribution >= 4 is 46.1 Å². The molecular weight excluding hydrogens is 919 g/mol. The van der Waals surface area contributed by atoms with E-state index < -0.39 is 24.1 Å². The van der Waals surface area contributed by atoms with Crippen molar-refractivity contribution in [2.75, 3.05) is 66.4 Å². The Kier molecular flexibility index (Phi) is 21.3. The van der Waals surface area contributed by atoms with E-state index in [1.165, 1.54) is 21.6 Å². The lowest BCUT2D eigenvalue weighted by Crippen LogP contribution is -2.55. The maximum absolute atomic E-state index is 13.8. The van der Waals surface area contributed by atoms with E-state index in [0.29, 0.717) is 33.0 Å². The molecule has 5 aromatic rings. The number of allylic oxidation sites excluding steroid dienone is 1. The van der Waals surface area contributed by atoms with Gasteiger partial charge >= 0.3 is 0 Å². The summed E-state index contributed by atoms with van der Waals surface area (Å²) >= 11 is 1.57. The molecule has 0 aliphatic carbocycles. The lowest BCUT2D eigenvalue weighted by molar-refractivity contribution is -0.142. The van der Waals surface area contributed by atoms with E-state index >= 15 is 0 Å². The van der Waals surface area contributed by atoms with Gasteiger partial charge in [0.15, 0.2) is 0 Å². The Morgan fingerprint density at radius 1 is 0.789 bits per heavy atom. The van der Waals surface area contributed by atoms with Gasteiger partial charge in [-0.2, -0.15) is 0 Å². The molecule has 0 spiro atoms. The van der Waals surface area contributed by atoms with Gasteiger partial charge in [-0.1, -0.05) is 118 Å². The highest BCUT2D eigenvalue weighted by atomic mass is 32.1. The Balaban J connectivity index is 0.809. The summed E-state index contributed by atoms with van der Waals surface area (Å²) in [5.41, 5.74) is 10.7. The molecule has 2 heterocycles. The van der Waals surface area contributed by atoms with Gasteiger partial charge in [-0.25, -0.2) is 4.98 Å². The summed E-state index contributed by atoms with van der Waals surface area (Å²) in [6.45, 7) is 10.4. The second-order valence-electron chi connectivity index (χ2n) is 17.8. The monoisotopic (exact) mass is 987 g/mol. The summed E-state index contributed by atoms with van der Waals surface area (Å²) in [4.78, 5) is 61.2. The van der Waals surface area contributed by atoms with Crippen molar-refractivity contribution in [2.24, 2.45) is 5.92 Å². The molecule has 0 bridgehead atoms. The van der Waals surface area contributed by atoms with Gasteiger partial charge < -0.3 is 44.5 Å². The van der Waals surface area contributed by atoms with E-state index in [1.807, 2.05) is 74.8 Å². The number of rotatable bonds is 27. The molecule has 0 saturated carbocycles. The number of benzene rings is 4. The Morgan fingerprint density at radius 2 is 1.39 bits per heavy atom. The number of nitrogens with zero attached hydrogens (tertiary/aromatic N) is 3. The number of amides is 4. The van der Waals surface area contributed by atoms with Crippen LogP contribution >= 0.6 is 11.3 Å². The number of aryl methyl sites for hydroxylation is 1. The first-order valence-electron chi connectivity index (χ1n) is 24.5. The average Bonchev–Trinajstić information content (AvgIpc) is 4.01. The number of aliphatic hydroxyl groups excluding tert-OH is 1. The summed E-state index contributed by atoms with van der Waals surface area (Å²) in [6, 6.07) is 35.2. The van der Waals surface area contributed by atoms with Gasteiger partial charge in [0.1, 0.15) is 24.4 Å². The molecular formula is C56H69N5O9S. The summed E-state index contributed by atoms with van der Waals surface area (Å²) in [6.07, 6.45) is 0.396. The van der Waals surface area contributed by atoms with E-state index in [1.54, 1.807) is 23.3 Å². The van der Waals surface area contributed by atoms with Crippen LogP contribution in [0.4, 0.5) is 0 Å². The Bertz CT molecular complexity index is 2480. The van der Waals surface area contributed by atoms with Crippen LogP contribution in [0.2, 0.25) is 0 Å². The van der Waals surface area contributed by atoms with Gasteiger partial charge in [-0.3, -0.25) is 19.2 Å². The zero-order chi connectivity index (χ0) is 50.5. The van der Waals surface area contributed by atoms with Gasteiger partial charge in [-0.05, 0) is 70.4 Å². The number of thiazole rings is 1. The quantitative estimate of drug-likeness (QED) is 0.0353. The molecule has 1 aliphatic heterocycles. The number of β-amino-alcohol motifs (C(OH)–C–C–N with tert-alkyl or cyclic N) is 1. The molecule has 6 rings (SSSR count). The van der Waals surface area contributed by atoms with Crippen LogP contribution in [0.1, 0.15) is 74.4 Å². The minimum Gasteiger partial charge on any atom is -0.492 e. The number of carbonyl (C=O) groups excluding carboxylic acids is 4. The SMILES string of the molecule is CC/C(=C(\c1ccccc1)c1ccc(OCCN(C)C(=O)CCOCCOCCOCCC(=O)N[C@H](C(=O)N2C[C@H](O)C[C@H]2C(=O)NCc2ccc(-c3scnc3C)cc2)C(C)C)cc1)c1ccccc1. The summed E-state index contributed by atoms with van der Waals surface area (Å²) < 4.78 is 22.8. The zero-order valence-corrected chi connectivity index (χ0v) is 42.5. The standard InChI is InChI=1S/C56H69N5O9S/c1-6-48(42-13-9-7-10-14-42)52(43-15-11-8-12-16-43)44-21-23-47(24-22-44)70-30-27-60(5)51(64)26-29-68-32-34-69-33-31-67-28-25-50(63)59-53(39(2)3)56(66)61-37-46(62)35-49(61)55(65)57-36-41-17-19-45(20-18-41)54-40(4)58-38-71-54/h7-24,38-39,46,49,53,62H,6,25-37H2,1-5H3,(H,57,65)(H,59,63)/b52-48-/t46-,49+,53+/m1/s1. The molecule has 378 valence electrons. The first-order chi connectivity index (χ1) is 34.4. The van der Waals surface area contributed by atoms with E-state index in [2.05, 4.69) is 83.2 Å². The normalized spacial score (nSPS) is 15.3. The largest absolute Gasteiger partial charge is 0.492 e. The third kappa shape index (κ3) is 16.1. The molecule has 1 fully saturated rings. The Hall–Kier alpha value is -6.23. The Labute approximate surface area is 422 Å². The number of ether oxygens (including phenoxy) is 4. The first-order valence-corrected chi connectivity index (χ1v) is 25.4. The number of aromatic nitrogens is 1. The van der Waals surface area contributed by atoms with Crippen LogP contribution in [0.5, 0.6) is 5.75 Å². The predicted octanol–water partition coefficient (Wildman–Crippen LogP) is 7.57. The van der Waals surface area contributed by atoms with Crippen LogP contribution in [0.15, 0.2) is 115 Å². The van der Waals surface area contributed by atoms with Crippen molar-refractivity contribution < 1.29 is 43.2 Å².